The molecule has 19 heavy (non-hydrogen) atoms. The van der Waals surface area contributed by atoms with Crippen molar-refractivity contribution in [1.29, 1.82) is 0 Å². The van der Waals surface area contributed by atoms with E-state index in [0.29, 0.717) is 5.02 Å². The van der Waals surface area contributed by atoms with Gasteiger partial charge in [-0.05, 0) is 43.9 Å². The average Bonchev–Trinajstić information content (AvgIpc) is 3.14. The van der Waals surface area contributed by atoms with E-state index in [1.165, 1.54) is 24.9 Å². The van der Waals surface area contributed by atoms with E-state index in [0.717, 1.165) is 37.3 Å². The van der Waals surface area contributed by atoms with Crippen LogP contribution in [0.1, 0.15) is 19.3 Å². The summed E-state index contributed by atoms with van der Waals surface area (Å²) in [4.78, 5) is 2.43. The Kier molecular flexibility index (Phi) is 3.85. The van der Waals surface area contributed by atoms with Gasteiger partial charge < -0.3 is 15.0 Å². The summed E-state index contributed by atoms with van der Waals surface area (Å²) < 4.78 is 5.29. The van der Waals surface area contributed by atoms with Crippen molar-refractivity contribution < 1.29 is 4.74 Å². The van der Waals surface area contributed by atoms with Crippen LogP contribution < -0.4 is 15.0 Å². The van der Waals surface area contributed by atoms with Gasteiger partial charge in [-0.2, -0.15) is 0 Å². The van der Waals surface area contributed by atoms with Gasteiger partial charge in [0.25, 0.3) is 0 Å². The van der Waals surface area contributed by atoms with Crippen LogP contribution in [0.4, 0.5) is 5.69 Å². The van der Waals surface area contributed by atoms with Crippen LogP contribution in [0.5, 0.6) is 5.75 Å². The molecule has 4 heteroatoms. The minimum absolute atomic E-state index is 0.678. The maximum atomic E-state index is 6.07. The lowest BCUT2D eigenvalue weighted by Gasteiger charge is -2.20. The molecule has 1 saturated carbocycles. The van der Waals surface area contributed by atoms with Crippen LogP contribution in [0, 0.1) is 5.92 Å². The summed E-state index contributed by atoms with van der Waals surface area (Å²) in [6, 6.07) is 6.86. The van der Waals surface area contributed by atoms with Crippen molar-refractivity contribution in [3.05, 3.63) is 23.2 Å². The van der Waals surface area contributed by atoms with E-state index < -0.39 is 0 Å². The first-order valence-corrected chi connectivity index (χ1v) is 7.46. The quantitative estimate of drug-likeness (QED) is 0.898. The van der Waals surface area contributed by atoms with Crippen LogP contribution in [-0.4, -0.2) is 32.8 Å². The summed E-state index contributed by atoms with van der Waals surface area (Å²) in [6.07, 6.45) is 4.00. The fourth-order valence-corrected chi connectivity index (χ4v) is 2.89. The Balaban J connectivity index is 1.59. The molecular formula is C15H21ClN2O. The van der Waals surface area contributed by atoms with E-state index in [9.17, 15) is 0 Å². The summed E-state index contributed by atoms with van der Waals surface area (Å²) in [6.45, 7) is 3.41. The number of halogens is 1. The highest BCUT2D eigenvalue weighted by molar-refractivity contribution is 6.32. The molecule has 1 aliphatic carbocycles. The lowest BCUT2D eigenvalue weighted by Crippen LogP contribution is -2.27. The zero-order chi connectivity index (χ0) is 13.2. The topological polar surface area (TPSA) is 24.5 Å². The molecule has 1 unspecified atom stereocenters. The minimum atomic E-state index is 0.678. The Morgan fingerprint density at radius 1 is 1.37 bits per heavy atom. The lowest BCUT2D eigenvalue weighted by atomic mass is 10.1. The van der Waals surface area contributed by atoms with E-state index in [4.69, 9.17) is 16.3 Å². The van der Waals surface area contributed by atoms with E-state index in [1.54, 1.807) is 7.11 Å². The Morgan fingerprint density at radius 3 is 2.95 bits per heavy atom. The molecule has 104 valence electrons. The molecule has 1 heterocycles. The third-order valence-electron chi connectivity index (χ3n) is 4.06. The molecule has 3 nitrogen and oxygen atoms in total. The highest BCUT2D eigenvalue weighted by Crippen LogP contribution is 2.32. The molecule has 0 spiro atoms. The van der Waals surface area contributed by atoms with E-state index in [2.05, 4.69) is 16.3 Å². The fraction of sp³-hybridized carbons (Fsp3) is 0.600. The molecule has 1 aliphatic heterocycles. The maximum Gasteiger partial charge on any atom is 0.139 e. The van der Waals surface area contributed by atoms with E-state index >= 15 is 0 Å². The minimum Gasteiger partial charge on any atom is -0.495 e. The molecule has 1 aromatic rings. The van der Waals surface area contributed by atoms with Crippen LogP contribution in [0.2, 0.25) is 5.02 Å². The van der Waals surface area contributed by atoms with Crippen LogP contribution in [0.3, 0.4) is 0 Å². The van der Waals surface area contributed by atoms with Gasteiger partial charge in [-0.25, -0.2) is 0 Å². The SMILES string of the molecule is COc1cc(N2CCC(CNC3CC3)C2)ccc1Cl. The first-order valence-electron chi connectivity index (χ1n) is 7.08. The third-order valence-corrected chi connectivity index (χ3v) is 4.37. The number of anilines is 1. The average molecular weight is 281 g/mol. The molecule has 0 aromatic heterocycles. The highest BCUT2D eigenvalue weighted by Gasteiger charge is 2.26. The van der Waals surface area contributed by atoms with Gasteiger partial charge in [0.05, 0.1) is 12.1 Å². The molecule has 1 N–H and O–H groups in total. The third kappa shape index (κ3) is 3.15. The van der Waals surface area contributed by atoms with Crippen LogP contribution in [-0.2, 0) is 0 Å². The van der Waals surface area contributed by atoms with Crippen LogP contribution in [0.25, 0.3) is 0 Å². The van der Waals surface area contributed by atoms with Crippen molar-refractivity contribution >= 4 is 17.3 Å². The largest absolute Gasteiger partial charge is 0.495 e. The number of hydrogen-bond donors (Lipinski definition) is 1. The van der Waals surface area contributed by atoms with Crippen molar-refractivity contribution in [2.45, 2.75) is 25.3 Å². The number of hydrogen-bond acceptors (Lipinski definition) is 3. The van der Waals surface area contributed by atoms with Gasteiger partial charge in [-0.1, -0.05) is 11.6 Å². The molecule has 3 rings (SSSR count). The van der Waals surface area contributed by atoms with Crippen LogP contribution >= 0.6 is 11.6 Å². The molecular weight excluding hydrogens is 260 g/mol. The van der Waals surface area contributed by atoms with Gasteiger partial charge in [-0.15, -0.1) is 0 Å². The summed E-state index contributed by atoms with van der Waals surface area (Å²) in [5, 5.41) is 4.31. The Bertz CT molecular complexity index is 448. The van der Waals surface area contributed by atoms with Crippen molar-refractivity contribution in [2.75, 3.05) is 31.6 Å². The Morgan fingerprint density at radius 2 is 2.21 bits per heavy atom. The monoisotopic (exact) mass is 280 g/mol. The van der Waals surface area contributed by atoms with Gasteiger partial charge in [0.1, 0.15) is 5.75 Å². The van der Waals surface area contributed by atoms with Gasteiger partial charge in [0, 0.05) is 30.9 Å². The summed E-state index contributed by atoms with van der Waals surface area (Å²) in [5.41, 5.74) is 1.22. The molecule has 1 atom stereocenters. The maximum absolute atomic E-state index is 6.07. The Labute approximate surface area is 119 Å². The van der Waals surface area contributed by atoms with Crippen molar-refractivity contribution in [3.63, 3.8) is 0 Å². The molecule has 2 fully saturated rings. The lowest BCUT2D eigenvalue weighted by molar-refractivity contribution is 0.415. The zero-order valence-corrected chi connectivity index (χ0v) is 12.1. The van der Waals surface area contributed by atoms with Gasteiger partial charge in [0.2, 0.25) is 0 Å². The molecule has 0 bridgehead atoms. The normalized spacial score (nSPS) is 22.8. The predicted octanol–water partition coefficient (Wildman–Crippen LogP) is 2.93. The summed E-state index contributed by atoms with van der Waals surface area (Å²) >= 11 is 6.07. The summed E-state index contributed by atoms with van der Waals surface area (Å²) in [7, 11) is 1.66. The number of methoxy groups -OCH3 is 1. The van der Waals surface area contributed by atoms with E-state index in [1.807, 2.05) is 12.1 Å². The fourth-order valence-electron chi connectivity index (χ4n) is 2.70. The second kappa shape index (κ2) is 5.59. The van der Waals surface area contributed by atoms with Gasteiger partial charge in [-0.3, -0.25) is 0 Å². The van der Waals surface area contributed by atoms with Crippen molar-refractivity contribution in [2.24, 2.45) is 5.92 Å². The molecule has 0 radical (unpaired) electrons. The molecule has 1 saturated heterocycles. The smallest absolute Gasteiger partial charge is 0.139 e. The molecule has 0 amide bonds. The first-order chi connectivity index (χ1) is 9.26. The second-order valence-corrected chi connectivity index (χ2v) is 6.01. The predicted molar refractivity (Wildman–Crippen MR) is 79.3 cm³/mol. The molecule has 1 aromatic carbocycles. The van der Waals surface area contributed by atoms with Crippen molar-refractivity contribution in [1.82, 2.24) is 5.32 Å². The summed E-state index contributed by atoms with van der Waals surface area (Å²) in [5.74, 6) is 1.53. The Hall–Kier alpha value is -0.930. The van der Waals surface area contributed by atoms with Gasteiger partial charge in [0.15, 0.2) is 0 Å². The highest BCUT2D eigenvalue weighted by atomic mass is 35.5. The van der Waals surface area contributed by atoms with Gasteiger partial charge >= 0.3 is 0 Å². The number of rotatable bonds is 5. The first kappa shape index (κ1) is 13.1. The number of benzene rings is 1. The van der Waals surface area contributed by atoms with Crippen LogP contribution in [0.15, 0.2) is 18.2 Å². The van der Waals surface area contributed by atoms with Crippen molar-refractivity contribution in [3.8, 4) is 5.75 Å². The molecule has 2 aliphatic rings. The zero-order valence-electron chi connectivity index (χ0n) is 11.4. The number of nitrogens with zero attached hydrogens (tertiary/aromatic N) is 1. The standard InChI is InChI=1S/C15H21ClN2O/c1-19-15-8-13(4-5-14(15)16)18-7-6-11(10-18)9-17-12-2-3-12/h4-5,8,11-12,17H,2-3,6-7,9-10H2,1H3. The number of nitrogens with one attached hydrogen (secondary N) is 1. The number of ether oxygens (including phenoxy) is 1. The van der Waals surface area contributed by atoms with E-state index in [-0.39, 0.29) is 0 Å². The second-order valence-electron chi connectivity index (χ2n) is 5.60.